The third kappa shape index (κ3) is 7.94. The van der Waals surface area contributed by atoms with E-state index < -0.39 is 66.2 Å². The lowest BCUT2D eigenvalue weighted by Gasteiger charge is -2.30. The SMILES string of the molecule is CC(C)C(NC(=O)C(CCC(=O)O)NC(=O)C(N)Cc1ccc(O)cc1)C(=O)N1CCCC1C(=O)O. The number of nitrogens with one attached hydrogen (secondary N) is 2. The Morgan fingerprint density at radius 1 is 1.06 bits per heavy atom. The van der Waals surface area contributed by atoms with Crippen LogP contribution in [0.2, 0.25) is 0 Å². The third-order valence-corrected chi connectivity index (χ3v) is 6.06. The molecule has 0 saturated carbocycles. The number of hydrogen-bond acceptors (Lipinski definition) is 7. The Morgan fingerprint density at radius 2 is 1.69 bits per heavy atom. The second-order valence-electron chi connectivity index (χ2n) is 9.23. The van der Waals surface area contributed by atoms with Crippen LogP contribution in [0.15, 0.2) is 24.3 Å². The number of carboxylic acids is 2. The minimum atomic E-state index is -1.28. The Morgan fingerprint density at radius 3 is 2.25 bits per heavy atom. The Hall–Kier alpha value is -3.67. The summed E-state index contributed by atoms with van der Waals surface area (Å²) in [7, 11) is 0. The molecule has 0 spiro atoms. The van der Waals surface area contributed by atoms with Gasteiger partial charge in [-0.05, 0) is 49.3 Å². The highest BCUT2D eigenvalue weighted by atomic mass is 16.4. The van der Waals surface area contributed by atoms with Crippen LogP contribution < -0.4 is 16.4 Å². The van der Waals surface area contributed by atoms with Crippen molar-refractivity contribution in [2.24, 2.45) is 11.7 Å². The molecule has 0 aromatic heterocycles. The molecule has 1 aromatic rings. The van der Waals surface area contributed by atoms with Crippen molar-refractivity contribution in [2.75, 3.05) is 6.54 Å². The van der Waals surface area contributed by atoms with E-state index in [1.54, 1.807) is 26.0 Å². The normalized spacial score (nSPS) is 17.8. The van der Waals surface area contributed by atoms with E-state index in [9.17, 15) is 34.2 Å². The van der Waals surface area contributed by atoms with Gasteiger partial charge >= 0.3 is 11.9 Å². The molecule has 0 radical (unpaired) electrons. The fourth-order valence-electron chi connectivity index (χ4n) is 4.03. The molecule has 12 nitrogen and oxygen atoms in total. The van der Waals surface area contributed by atoms with Crippen LogP contribution in [0.1, 0.15) is 45.1 Å². The van der Waals surface area contributed by atoms with Crippen LogP contribution in [-0.2, 0) is 30.4 Å². The van der Waals surface area contributed by atoms with E-state index in [1.165, 1.54) is 17.0 Å². The fraction of sp³-hybridized carbons (Fsp3) is 0.542. The molecule has 1 aliphatic heterocycles. The minimum Gasteiger partial charge on any atom is -0.508 e. The Labute approximate surface area is 208 Å². The van der Waals surface area contributed by atoms with Gasteiger partial charge < -0.3 is 36.6 Å². The maximum atomic E-state index is 13.1. The van der Waals surface area contributed by atoms with Gasteiger partial charge in [-0.15, -0.1) is 0 Å². The standard InChI is InChI=1S/C24H34N4O8/c1-13(2)20(23(34)28-11-3-4-18(28)24(35)36)27-22(33)17(9-10-19(30)31)26-21(32)16(25)12-14-5-7-15(29)8-6-14/h5-8,13,16-18,20,29H,3-4,9-12,25H2,1-2H3,(H,26,32)(H,27,33)(H,30,31)(H,35,36). The summed E-state index contributed by atoms with van der Waals surface area (Å²) in [5, 5.41) is 32.9. The summed E-state index contributed by atoms with van der Waals surface area (Å²) in [6.07, 6.45) is 0.296. The van der Waals surface area contributed by atoms with Crippen molar-refractivity contribution in [2.45, 2.75) is 70.1 Å². The van der Waals surface area contributed by atoms with E-state index in [-0.39, 0.29) is 25.1 Å². The van der Waals surface area contributed by atoms with Crippen molar-refractivity contribution < 1.29 is 39.3 Å². The van der Waals surface area contributed by atoms with Crippen LogP contribution in [0, 0.1) is 5.92 Å². The van der Waals surface area contributed by atoms with Crippen molar-refractivity contribution in [3.63, 3.8) is 0 Å². The summed E-state index contributed by atoms with van der Waals surface area (Å²) in [4.78, 5) is 62.8. The summed E-state index contributed by atoms with van der Waals surface area (Å²) >= 11 is 0. The molecule has 7 N–H and O–H groups in total. The van der Waals surface area contributed by atoms with E-state index >= 15 is 0 Å². The van der Waals surface area contributed by atoms with Crippen LogP contribution in [-0.4, -0.2) is 80.6 Å². The lowest BCUT2D eigenvalue weighted by atomic mass is 10.0. The number of amides is 3. The molecule has 12 heteroatoms. The highest BCUT2D eigenvalue weighted by molar-refractivity contribution is 5.94. The number of benzene rings is 1. The van der Waals surface area contributed by atoms with Crippen molar-refractivity contribution in [1.82, 2.24) is 15.5 Å². The number of carbonyl (C=O) groups is 5. The number of phenols is 1. The Bertz CT molecular complexity index is 965. The van der Waals surface area contributed by atoms with Gasteiger partial charge in [-0.25, -0.2) is 4.79 Å². The molecular formula is C24H34N4O8. The predicted molar refractivity (Wildman–Crippen MR) is 128 cm³/mol. The molecule has 1 heterocycles. The summed E-state index contributed by atoms with van der Waals surface area (Å²) in [6, 6.07) is 1.71. The zero-order valence-corrected chi connectivity index (χ0v) is 20.3. The predicted octanol–water partition coefficient (Wildman–Crippen LogP) is -0.172. The van der Waals surface area contributed by atoms with E-state index in [0.717, 1.165) is 0 Å². The summed E-state index contributed by atoms with van der Waals surface area (Å²) < 4.78 is 0. The van der Waals surface area contributed by atoms with E-state index in [1.807, 2.05) is 0 Å². The van der Waals surface area contributed by atoms with E-state index in [0.29, 0.717) is 18.4 Å². The zero-order chi connectivity index (χ0) is 27.0. The number of phenolic OH excluding ortho intramolecular Hbond substituents is 1. The van der Waals surface area contributed by atoms with Crippen LogP contribution in [0.3, 0.4) is 0 Å². The van der Waals surface area contributed by atoms with Gasteiger partial charge in [0.1, 0.15) is 23.9 Å². The van der Waals surface area contributed by atoms with Gasteiger partial charge in [-0.2, -0.15) is 0 Å². The smallest absolute Gasteiger partial charge is 0.326 e. The quantitative estimate of drug-likeness (QED) is 0.223. The van der Waals surface area contributed by atoms with Crippen LogP contribution in [0.4, 0.5) is 0 Å². The van der Waals surface area contributed by atoms with Crippen molar-refractivity contribution in [3.8, 4) is 5.75 Å². The van der Waals surface area contributed by atoms with Gasteiger partial charge in [0, 0.05) is 13.0 Å². The molecule has 1 fully saturated rings. The van der Waals surface area contributed by atoms with Gasteiger partial charge in [0.25, 0.3) is 0 Å². The lowest BCUT2D eigenvalue weighted by molar-refractivity contribution is -0.150. The number of rotatable bonds is 12. The fourth-order valence-corrected chi connectivity index (χ4v) is 4.03. The first kappa shape index (κ1) is 28.6. The number of aliphatic carboxylic acids is 2. The van der Waals surface area contributed by atoms with Crippen LogP contribution in [0.25, 0.3) is 0 Å². The molecule has 1 saturated heterocycles. The molecule has 4 atom stereocenters. The largest absolute Gasteiger partial charge is 0.508 e. The second-order valence-corrected chi connectivity index (χ2v) is 9.23. The lowest BCUT2D eigenvalue weighted by Crippen LogP contribution is -2.58. The number of nitrogens with two attached hydrogens (primary N) is 1. The molecule has 1 aromatic carbocycles. The number of hydrogen-bond donors (Lipinski definition) is 6. The average Bonchev–Trinajstić information content (AvgIpc) is 3.31. The van der Waals surface area contributed by atoms with Gasteiger partial charge in [0.05, 0.1) is 6.04 Å². The van der Waals surface area contributed by atoms with Crippen molar-refractivity contribution in [3.05, 3.63) is 29.8 Å². The molecule has 1 aliphatic rings. The van der Waals surface area contributed by atoms with Crippen molar-refractivity contribution in [1.29, 1.82) is 0 Å². The number of carboxylic acid groups (broad SMARTS) is 2. The molecule has 3 amide bonds. The minimum absolute atomic E-state index is 0.0556. The van der Waals surface area contributed by atoms with E-state index in [4.69, 9.17) is 10.8 Å². The number of likely N-dealkylation sites (tertiary alicyclic amines) is 1. The van der Waals surface area contributed by atoms with Crippen LogP contribution in [0.5, 0.6) is 5.75 Å². The second kappa shape index (κ2) is 12.9. The maximum absolute atomic E-state index is 13.1. The average molecular weight is 507 g/mol. The first-order chi connectivity index (χ1) is 16.9. The molecular weight excluding hydrogens is 472 g/mol. The monoisotopic (exact) mass is 506 g/mol. The first-order valence-electron chi connectivity index (χ1n) is 11.8. The molecule has 2 rings (SSSR count). The number of aromatic hydroxyl groups is 1. The van der Waals surface area contributed by atoms with Gasteiger partial charge in [-0.1, -0.05) is 26.0 Å². The van der Waals surface area contributed by atoms with Gasteiger partial charge in [0.15, 0.2) is 0 Å². The third-order valence-electron chi connectivity index (χ3n) is 6.06. The highest BCUT2D eigenvalue weighted by Gasteiger charge is 2.39. The van der Waals surface area contributed by atoms with E-state index in [2.05, 4.69) is 10.6 Å². The first-order valence-corrected chi connectivity index (χ1v) is 11.8. The zero-order valence-electron chi connectivity index (χ0n) is 20.3. The molecule has 0 aliphatic carbocycles. The molecule has 198 valence electrons. The molecule has 36 heavy (non-hydrogen) atoms. The van der Waals surface area contributed by atoms with Gasteiger partial charge in [0.2, 0.25) is 17.7 Å². The van der Waals surface area contributed by atoms with Crippen molar-refractivity contribution >= 4 is 29.7 Å². The Balaban J connectivity index is 2.12. The highest BCUT2D eigenvalue weighted by Crippen LogP contribution is 2.20. The molecule has 0 bridgehead atoms. The number of carbonyl (C=O) groups excluding carboxylic acids is 3. The van der Waals surface area contributed by atoms with Gasteiger partial charge in [-0.3, -0.25) is 19.2 Å². The van der Waals surface area contributed by atoms with Crippen LogP contribution >= 0.6 is 0 Å². The molecule has 4 unspecified atom stereocenters. The topological polar surface area (TPSA) is 199 Å². The summed E-state index contributed by atoms with van der Waals surface area (Å²) in [6.45, 7) is 3.63. The summed E-state index contributed by atoms with van der Waals surface area (Å²) in [5.74, 6) is -4.64. The number of nitrogens with zero attached hydrogens (tertiary/aromatic N) is 1. The summed E-state index contributed by atoms with van der Waals surface area (Å²) in [5.41, 5.74) is 6.65. The Kier molecular flexibility index (Phi) is 10.2. The maximum Gasteiger partial charge on any atom is 0.326 e.